The second kappa shape index (κ2) is 5.05. The van der Waals surface area contributed by atoms with Gasteiger partial charge in [-0.15, -0.1) is 11.3 Å². The molecule has 0 N–H and O–H groups in total. The molecule has 0 aliphatic rings. The van der Waals surface area contributed by atoms with Crippen molar-refractivity contribution >= 4 is 22.9 Å². The van der Waals surface area contributed by atoms with Crippen molar-refractivity contribution in [1.82, 2.24) is 4.98 Å². The summed E-state index contributed by atoms with van der Waals surface area (Å²) in [5.74, 6) is -0.119. The highest BCUT2D eigenvalue weighted by molar-refractivity contribution is 7.13. The smallest absolute Gasteiger partial charge is 0.162 e. The van der Waals surface area contributed by atoms with Crippen LogP contribution < -0.4 is 0 Å². The van der Waals surface area contributed by atoms with E-state index in [1.54, 1.807) is 0 Å². The lowest BCUT2D eigenvalue weighted by Gasteiger charge is -2.14. The molecule has 0 aromatic carbocycles. The van der Waals surface area contributed by atoms with Gasteiger partial charge in [-0.05, 0) is 39.1 Å². The van der Waals surface area contributed by atoms with Crippen molar-refractivity contribution in [3.63, 3.8) is 0 Å². The van der Waals surface area contributed by atoms with E-state index in [4.69, 9.17) is 0 Å². The summed E-state index contributed by atoms with van der Waals surface area (Å²) in [6.07, 6.45) is 0. The van der Waals surface area contributed by atoms with Crippen LogP contribution in [0.15, 0.2) is 17.5 Å². The Morgan fingerprint density at radius 1 is 1.05 bits per heavy atom. The fourth-order valence-corrected chi connectivity index (χ4v) is 3.16. The highest BCUT2D eigenvalue weighted by atomic mass is 32.1. The molecule has 0 fully saturated rings. The molecule has 0 unspecified atom stereocenters. The minimum Gasteiger partial charge on any atom is -0.294 e. The van der Waals surface area contributed by atoms with E-state index in [9.17, 15) is 9.59 Å². The molecule has 0 bridgehead atoms. The highest BCUT2D eigenvalue weighted by Crippen LogP contribution is 2.34. The first kappa shape index (κ1) is 13.6. The SMILES string of the molecule is CC(=O)c1c(C)nc(C)c(C(C)=O)c1-c1cccs1. The van der Waals surface area contributed by atoms with Crippen molar-refractivity contribution in [2.24, 2.45) is 0 Å². The summed E-state index contributed by atoms with van der Waals surface area (Å²) in [6.45, 7) is 6.65. The van der Waals surface area contributed by atoms with Gasteiger partial charge in [-0.25, -0.2) is 0 Å². The van der Waals surface area contributed by atoms with E-state index >= 15 is 0 Å². The van der Waals surface area contributed by atoms with Crippen LogP contribution in [0.25, 0.3) is 10.4 Å². The molecule has 0 amide bonds. The van der Waals surface area contributed by atoms with Gasteiger partial charge in [0, 0.05) is 33.0 Å². The molecule has 19 heavy (non-hydrogen) atoms. The van der Waals surface area contributed by atoms with Gasteiger partial charge in [0.25, 0.3) is 0 Å². The summed E-state index contributed by atoms with van der Waals surface area (Å²) in [5, 5.41) is 1.94. The van der Waals surface area contributed by atoms with Gasteiger partial charge in [0.05, 0.1) is 0 Å². The molecule has 2 rings (SSSR count). The standard InChI is InChI=1S/C15H15NO2S/c1-8-13(10(3)17)15(12-6-5-7-19-12)14(11(4)18)9(2)16-8/h5-7H,1-4H3. The molecule has 4 heteroatoms. The lowest BCUT2D eigenvalue weighted by Crippen LogP contribution is -2.10. The minimum absolute atomic E-state index is 0.0594. The van der Waals surface area contributed by atoms with E-state index in [2.05, 4.69) is 4.98 Å². The maximum atomic E-state index is 11.9. The number of aryl methyl sites for hydroxylation is 2. The summed E-state index contributed by atoms with van der Waals surface area (Å²) in [5.41, 5.74) is 3.20. The van der Waals surface area contributed by atoms with Gasteiger partial charge in [-0.3, -0.25) is 14.6 Å². The van der Waals surface area contributed by atoms with Crippen LogP contribution in [0.1, 0.15) is 46.0 Å². The van der Waals surface area contributed by atoms with Gasteiger partial charge in [0.1, 0.15) is 0 Å². The summed E-state index contributed by atoms with van der Waals surface area (Å²) >= 11 is 1.52. The van der Waals surface area contributed by atoms with Crippen molar-refractivity contribution in [2.75, 3.05) is 0 Å². The molecule has 0 aliphatic carbocycles. The lowest BCUT2D eigenvalue weighted by atomic mass is 9.93. The van der Waals surface area contributed by atoms with Gasteiger partial charge in [0.2, 0.25) is 0 Å². The Bertz CT molecular complexity index is 619. The molecule has 0 saturated heterocycles. The van der Waals surface area contributed by atoms with E-state index in [1.807, 2.05) is 31.4 Å². The number of aromatic nitrogens is 1. The van der Waals surface area contributed by atoms with Crippen LogP contribution in [-0.2, 0) is 0 Å². The number of Topliss-reactive ketones (excluding diaryl/α,β-unsaturated/α-hetero) is 2. The molecule has 2 aromatic heterocycles. The fraction of sp³-hybridized carbons (Fsp3) is 0.267. The van der Waals surface area contributed by atoms with Crippen LogP contribution in [0.2, 0.25) is 0 Å². The first-order valence-corrected chi connectivity index (χ1v) is 6.88. The van der Waals surface area contributed by atoms with E-state index < -0.39 is 0 Å². The summed E-state index contributed by atoms with van der Waals surface area (Å²) in [6, 6.07) is 3.84. The Hall–Kier alpha value is -1.81. The molecule has 0 spiro atoms. The molecule has 98 valence electrons. The van der Waals surface area contributed by atoms with E-state index in [0.717, 1.165) is 10.4 Å². The lowest BCUT2D eigenvalue weighted by molar-refractivity contribution is 0.101. The summed E-state index contributed by atoms with van der Waals surface area (Å²) in [7, 11) is 0. The molecule has 0 radical (unpaired) electrons. The number of pyridine rings is 1. The number of ketones is 2. The van der Waals surface area contributed by atoms with Gasteiger partial charge in [0.15, 0.2) is 11.6 Å². The fourth-order valence-electron chi connectivity index (χ4n) is 2.38. The van der Waals surface area contributed by atoms with Gasteiger partial charge >= 0.3 is 0 Å². The predicted octanol–water partition coefficient (Wildman–Crippen LogP) is 3.83. The van der Waals surface area contributed by atoms with Gasteiger partial charge in [-0.1, -0.05) is 6.07 Å². The van der Waals surface area contributed by atoms with Crippen molar-refractivity contribution in [3.05, 3.63) is 40.0 Å². The van der Waals surface area contributed by atoms with Crippen LogP contribution >= 0.6 is 11.3 Å². The van der Waals surface area contributed by atoms with Crippen LogP contribution in [0.3, 0.4) is 0 Å². The zero-order valence-electron chi connectivity index (χ0n) is 11.4. The topological polar surface area (TPSA) is 47.0 Å². The quantitative estimate of drug-likeness (QED) is 0.798. The highest BCUT2D eigenvalue weighted by Gasteiger charge is 2.22. The average molecular weight is 273 g/mol. The second-order valence-corrected chi connectivity index (χ2v) is 5.44. The summed E-state index contributed by atoms with van der Waals surface area (Å²) in [4.78, 5) is 29.1. The largest absolute Gasteiger partial charge is 0.294 e. The van der Waals surface area contributed by atoms with Crippen LogP contribution in [0, 0.1) is 13.8 Å². The Morgan fingerprint density at radius 3 is 1.95 bits per heavy atom. The Balaban J connectivity index is 2.93. The number of carbonyl (C=O) groups excluding carboxylic acids is 2. The third kappa shape index (κ3) is 2.36. The molecule has 2 aromatic rings. The van der Waals surface area contributed by atoms with Crippen LogP contribution in [-0.4, -0.2) is 16.6 Å². The number of thiophene rings is 1. The molecule has 0 saturated carbocycles. The summed E-state index contributed by atoms with van der Waals surface area (Å²) < 4.78 is 0. The third-order valence-electron chi connectivity index (χ3n) is 3.03. The molecule has 0 aliphatic heterocycles. The Kier molecular flexibility index (Phi) is 3.62. The zero-order chi connectivity index (χ0) is 14.2. The molecular weight excluding hydrogens is 258 g/mol. The molecule has 2 heterocycles. The first-order valence-electron chi connectivity index (χ1n) is 6.00. The monoisotopic (exact) mass is 273 g/mol. The number of hydrogen-bond donors (Lipinski definition) is 0. The van der Waals surface area contributed by atoms with E-state index in [-0.39, 0.29) is 11.6 Å². The van der Waals surface area contributed by atoms with Crippen molar-refractivity contribution in [2.45, 2.75) is 27.7 Å². The van der Waals surface area contributed by atoms with Crippen LogP contribution in [0.5, 0.6) is 0 Å². The Morgan fingerprint density at radius 2 is 1.58 bits per heavy atom. The zero-order valence-corrected chi connectivity index (χ0v) is 12.2. The maximum Gasteiger partial charge on any atom is 0.162 e. The van der Waals surface area contributed by atoms with E-state index in [1.165, 1.54) is 25.2 Å². The minimum atomic E-state index is -0.0594. The number of hydrogen-bond acceptors (Lipinski definition) is 4. The normalized spacial score (nSPS) is 10.5. The van der Waals surface area contributed by atoms with Crippen LogP contribution in [0.4, 0.5) is 0 Å². The number of carbonyl (C=O) groups is 2. The molecule has 0 atom stereocenters. The first-order chi connectivity index (χ1) is 8.93. The molecular formula is C15H15NO2S. The van der Waals surface area contributed by atoms with Crippen molar-refractivity contribution < 1.29 is 9.59 Å². The average Bonchev–Trinajstić information content (AvgIpc) is 2.79. The Labute approximate surface area is 116 Å². The molecule has 3 nitrogen and oxygen atoms in total. The predicted molar refractivity (Wildman–Crippen MR) is 77.0 cm³/mol. The van der Waals surface area contributed by atoms with Crippen molar-refractivity contribution in [3.8, 4) is 10.4 Å². The second-order valence-electron chi connectivity index (χ2n) is 4.50. The maximum absolute atomic E-state index is 11.9. The van der Waals surface area contributed by atoms with Crippen molar-refractivity contribution in [1.29, 1.82) is 0 Å². The van der Waals surface area contributed by atoms with E-state index in [0.29, 0.717) is 22.5 Å². The van der Waals surface area contributed by atoms with Gasteiger partial charge < -0.3 is 0 Å². The number of nitrogens with zero attached hydrogens (tertiary/aromatic N) is 1. The number of rotatable bonds is 3. The van der Waals surface area contributed by atoms with Gasteiger partial charge in [-0.2, -0.15) is 0 Å². The third-order valence-corrected chi connectivity index (χ3v) is 3.92.